The zero-order valence-electron chi connectivity index (χ0n) is 17.2. The molecule has 0 N–H and O–H groups in total. The fraction of sp³-hybridized carbons (Fsp3) is 0.429. The molecule has 1 unspecified atom stereocenters. The Morgan fingerprint density at radius 1 is 1.24 bits per heavy atom. The summed E-state index contributed by atoms with van der Waals surface area (Å²) in [5.41, 5.74) is 3.19. The average Bonchev–Trinajstić information content (AvgIpc) is 3.21. The highest BCUT2D eigenvalue weighted by atomic mass is 16.6. The average molecular weight is 394 g/mol. The van der Waals surface area contributed by atoms with Gasteiger partial charge in [0.15, 0.2) is 0 Å². The largest absolute Gasteiger partial charge is 0.444 e. The van der Waals surface area contributed by atoms with E-state index in [4.69, 9.17) is 9.72 Å². The highest BCUT2D eigenvalue weighted by Crippen LogP contribution is 2.29. The summed E-state index contributed by atoms with van der Waals surface area (Å²) < 4.78 is 9.14. The zero-order chi connectivity index (χ0) is 20.6. The van der Waals surface area contributed by atoms with Crippen molar-refractivity contribution < 1.29 is 9.53 Å². The van der Waals surface area contributed by atoms with Gasteiger partial charge in [0.25, 0.3) is 0 Å². The van der Waals surface area contributed by atoms with Gasteiger partial charge in [-0.05, 0) is 33.3 Å². The number of hydrogen-bond donors (Lipinski definition) is 0. The van der Waals surface area contributed by atoms with Gasteiger partial charge in [0, 0.05) is 37.8 Å². The van der Waals surface area contributed by atoms with Gasteiger partial charge in [-0.1, -0.05) is 12.2 Å². The predicted octanol–water partition coefficient (Wildman–Crippen LogP) is 3.41. The first-order valence-electron chi connectivity index (χ1n) is 9.78. The number of carbonyl (C=O) groups is 1. The summed E-state index contributed by atoms with van der Waals surface area (Å²) in [5.74, 6) is 0.0817. The molecule has 3 aromatic rings. The van der Waals surface area contributed by atoms with Gasteiger partial charge in [0.2, 0.25) is 0 Å². The summed E-state index contributed by atoms with van der Waals surface area (Å²) in [6.07, 6.45) is 12.1. The number of carbonyl (C=O) groups excluding carboxylic acids is 1. The quantitative estimate of drug-likeness (QED) is 0.623. The van der Waals surface area contributed by atoms with Crippen LogP contribution in [0.15, 0.2) is 43.0 Å². The van der Waals surface area contributed by atoms with E-state index < -0.39 is 5.60 Å². The number of aryl methyl sites for hydroxylation is 1. The minimum Gasteiger partial charge on any atom is -0.444 e. The minimum atomic E-state index is -0.504. The predicted molar refractivity (Wildman–Crippen MR) is 109 cm³/mol. The molecule has 3 aromatic heterocycles. The molecule has 29 heavy (non-hydrogen) atoms. The van der Waals surface area contributed by atoms with Gasteiger partial charge in [-0.2, -0.15) is 10.2 Å². The molecule has 0 spiro atoms. The maximum atomic E-state index is 12.5. The number of allylic oxidation sites excluding steroid dienone is 1. The first kappa shape index (κ1) is 19.2. The van der Waals surface area contributed by atoms with Crippen LogP contribution < -0.4 is 0 Å². The first-order valence-corrected chi connectivity index (χ1v) is 9.78. The Hall–Kier alpha value is -3.16. The molecular weight excluding hydrogens is 368 g/mol. The number of fused-ring (bicyclic) bond motifs is 1. The topological polar surface area (TPSA) is 77.5 Å². The van der Waals surface area contributed by atoms with Crippen LogP contribution in [-0.2, 0) is 11.8 Å². The van der Waals surface area contributed by atoms with E-state index in [1.54, 1.807) is 22.0 Å². The second kappa shape index (κ2) is 7.35. The monoisotopic (exact) mass is 394 g/mol. The molecule has 0 aliphatic carbocycles. The van der Waals surface area contributed by atoms with Gasteiger partial charge >= 0.3 is 6.09 Å². The van der Waals surface area contributed by atoms with Crippen LogP contribution in [0, 0.1) is 0 Å². The Morgan fingerprint density at radius 2 is 2.07 bits per heavy atom. The number of amides is 1. The molecule has 0 saturated carbocycles. The molecule has 4 rings (SSSR count). The van der Waals surface area contributed by atoms with Crippen molar-refractivity contribution in [3.63, 3.8) is 0 Å². The van der Waals surface area contributed by atoms with Crippen LogP contribution in [0.25, 0.3) is 16.8 Å². The normalized spacial score (nSPS) is 17.5. The Kier molecular flexibility index (Phi) is 4.86. The van der Waals surface area contributed by atoms with Crippen LogP contribution in [0.2, 0.25) is 0 Å². The van der Waals surface area contributed by atoms with Crippen molar-refractivity contribution in [2.45, 2.75) is 38.7 Å². The summed E-state index contributed by atoms with van der Waals surface area (Å²) in [6.45, 7) is 6.78. The van der Waals surface area contributed by atoms with Crippen molar-refractivity contribution >= 4 is 11.6 Å². The Balaban J connectivity index is 1.62. The number of aromatic nitrogens is 5. The number of ether oxygens (including phenoxy) is 1. The van der Waals surface area contributed by atoms with Crippen molar-refractivity contribution in [1.29, 1.82) is 0 Å². The SMILES string of the molecule is Cn1cc(-c2cn3nccc3c(C3C=CCN(C(=O)OC(C)(C)C)CC3)n2)cn1. The lowest BCUT2D eigenvalue weighted by Crippen LogP contribution is -2.37. The third-order valence-corrected chi connectivity index (χ3v) is 4.83. The molecule has 152 valence electrons. The van der Waals surface area contributed by atoms with Crippen molar-refractivity contribution in [3.05, 3.63) is 48.7 Å². The molecule has 0 aromatic carbocycles. The van der Waals surface area contributed by atoms with Crippen molar-refractivity contribution in [2.24, 2.45) is 7.05 Å². The number of nitrogens with zero attached hydrogens (tertiary/aromatic N) is 6. The van der Waals surface area contributed by atoms with E-state index >= 15 is 0 Å². The molecule has 8 nitrogen and oxygen atoms in total. The highest BCUT2D eigenvalue weighted by Gasteiger charge is 2.25. The van der Waals surface area contributed by atoms with E-state index in [0.29, 0.717) is 13.1 Å². The second-order valence-corrected chi connectivity index (χ2v) is 8.32. The lowest BCUT2D eigenvalue weighted by molar-refractivity contribution is 0.0272. The van der Waals surface area contributed by atoms with Gasteiger partial charge < -0.3 is 9.64 Å². The summed E-state index contributed by atoms with van der Waals surface area (Å²) >= 11 is 0. The second-order valence-electron chi connectivity index (χ2n) is 8.32. The Morgan fingerprint density at radius 3 is 2.79 bits per heavy atom. The third kappa shape index (κ3) is 4.16. The van der Waals surface area contributed by atoms with Crippen LogP contribution in [0.4, 0.5) is 4.79 Å². The summed E-state index contributed by atoms with van der Waals surface area (Å²) in [7, 11) is 1.89. The Labute approximate surface area is 169 Å². The first-order chi connectivity index (χ1) is 13.8. The van der Waals surface area contributed by atoms with E-state index in [1.807, 2.05) is 56.9 Å². The molecule has 0 radical (unpaired) electrons. The van der Waals surface area contributed by atoms with Crippen molar-refractivity contribution in [3.8, 4) is 11.3 Å². The van der Waals surface area contributed by atoms with E-state index in [2.05, 4.69) is 16.3 Å². The fourth-order valence-electron chi connectivity index (χ4n) is 3.47. The van der Waals surface area contributed by atoms with E-state index in [0.717, 1.165) is 28.9 Å². The van der Waals surface area contributed by atoms with E-state index in [1.165, 1.54) is 0 Å². The molecule has 1 amide bonds. The lowest BCUT2D eigenvalue weighted by atomic mass is 9.99. The molecule has 1 aliphatic heterocycles. The third-order valence-electron chi connectivity index (χ3n) is 4.83. The molecule has 0 saturated heterocycles. The van der Waals surface area contributed by atoms with Crippen LogP contribution in [0.1, 0.15) is 38.8 Å². The maximum Gasteiger partial charge on any atom is 0.410 e. The van der Waals surface area contributed by atoms with E-state index in [-0.39, 0.29) is 12.0 Å². The van der Waals surface area contributed by atoms with Crippen LogP contribution in [-0.4, -0.2) is 54.1 Å². The van der Waals surface area contributed by atoms with Gasteiger partial charge in [-0.15, -0.1) is 0 Å². The minimum absolute atomic E-state index is 0.0817. The standard InChI is InChI=1S/C21H26N6O2/c1-21(2,3)29-20(28)26-10-5-6-15(8-11-26)19-18-7-9-22-27(18)14-17(24-19)16-12-23-25(4)13-16/h5-7,9,12-15H,8,10-11H2,1-4H3. The number of hydrogen-bond acceptors (Lipinski definition) is 5. The van der Waals surface area contributed by atoms with Crippen molar-refractivity contribution in [2.75, 3.05) is 13.1 Å². The maximum absolute atomic E-state index is 12.5. The number of rotatable bonds is 2. The molecule has 4 heterocycles. The molecular formula is C21H26N6O2. The van der Waals surface area contributed by atoms with E-state index in [9.17, 15) is 4.79 Å². The highest BCUT2D eigenvalue weighted by molar-refractivity contribution is 5.68. The summed E-state index contributed by atoms with van der Waals surface area (Å²) in [6, 6.07) is 1.97. The fourth-order valence-corrected chi connectivity index (χ4v) is 3.47. The van der Waals surface area contributed by atoms with Gasteiger partial charge in [0.05, 0.1) is 35.5 Å². The Bertz CT molecular complexity index is 1060. The molecule has 1 aliphatic rings. The zero-order valence-corrected chi connectivity index (χ0v) is 17.2. The van der Waals surface area contributed by atoms with Gasteiger partial charge in [-0.3, -0.25) is 4.68 Å². The molecule has 1 atom stereocenters. The lowest BCUT2D eigenvalue weighted by Gasteiger charge is -2.26. The smallest absolute Gasteiger partial charge is 0.410 e. The van der Waals surface area contributed by atoms with Gasteiger partial charge in [-0.25, -0.2) is 14.3 Å². The van der Waals surface area contributed by atoms with Crippen LogP contribution in [0.3, 0.4) is 0 Å². The molecule has 0 bridgehead atoms. The van der Waals surface area contributed by atoms with Crippen LogP contribution in [0.5, 0.6) is 0 Å². The summed E-state index contributed by atoms with van der Waals surface area (Å²) in [4.78, 5) is 19.1. The van der Waals surface area contributed by atoms with Crippen molar-refractivity contribution in [1.82, 2.24) is 29.3 Å². The van der Waals surface area contributed by atoms with Crippen LogP contribution >= 0.6 is 0 Å². The summed E-state index contributed by atoms with van der Waals surface area (Å²) in [5, 5.41) is 8.67. The van der Waals surface area contributed by atoms with Gasteiger partial charge in [0.1, 0.15) is 5.60 Å². The molecule has 0 fully saturated rings. The molecule has 8 heteroatoms.